The molecule has 0 atom stereocenters. The molecule has 154 valence electrons. The molecular weight excluding hydrogens is 530 g/mol. The maximum absolute atomic E-state index is 12.8. The highest BCUT2D eigenvalue weighted by molar-refractivity contribution is 9.10. The van der Waals surface area contributed by atoms with E-state index >= 15 is 0 Å². The van der Waals surface area contributed by atoms with E-state index < -0.39 is 24.4 Å². The Bertz CT molecular complexity index is 1220. The van der Waals surface area contributed by atoms with Gasteiger partial charge in [0.15, 0.2) is 12.4 Å². The summed E-state index contributed by atoms with van der Waals surface area (Å²) in [6.07, 6.45) is 0. The number of imide groups is 1. The van der Waals surface area contributed by atoms with Crippen molar-refractivity contribution in [1.29, 1.82) is 0 Å². The minimum atomic E-state index is -0.754. The molecule has 6 nitrogen and oxygen atoms in total. The molecule has 0 spiro atoms. The third-order valence-electron chi connectivity index (χ3n) is 4.71. The Hall–Kier alpha value is -3.10. The molecule has 4 rings (SSSR count). The van der Waals surface area contributed by atoms with E-state index in [0.717, 1.165) is 13.8 Å². The number of amides is 2. The molecule has 1 aliphatic heterocycles. The van der Waals surface area contributed by atoms with Crippen LogP contribution in [-0.4, -0.2) is 30.2 Å². The molecule has 1 aliphatic rings. The van der Waals surface area contributed by atoms with E-state index in [1.54, 1.807) is 48.5 Å². The van der Waals surface area contributed by atoms with Gasteiger partial charge in [-0.05, 0) is 54.6 Å². The number of carbonyl (C=O) groups is 4. The first-order valence-electron chi connectivity index (χ1n) is 9.09. The average molecular weight is 543 g/mol. The Labute approximate surface area is 194 Å². The second kappa shape index (κ2) is 8.56. The molecule has 0 bridgehead atoms. The number of hydrogen-bond donors (Lipinski definition) is 0. The minimum absolute atomic E-state index is 0.0844. The number of ketones is 1. The zero-order valence-electron chi connectivity index (χ0n) is 15.8. The molecule has 0 aromatic heterocycles. The van der Waals surface area contributed by atoms with Crippen LogP contribution in [0.15, 0.2) is 75.7 Å². The lowest BCUT2D eigenvalue weighted by Gasteiger charge is -2.13. The van der Waals surface area contributed by atoms with Crippen molar-refractivity contribution in [2.75, 3.05) is 11.5 Å². The highest BCUT2D eigenvalue weighted by atomic mass is 79.9. The Morgan fingerprint density at radius 3 is 1.94 bits per heavy atom. The van der Waals surface area contributed by atoms with Crippen molar-refractivity contribution in [1.82, 2.24) is 0 Å². The molecule has 2 amide bonds. The largest absolute Gasteiger partial charge is 0.454 e. The molecule has 0 aliphatic carbocycles. The zero-order chi connectivity index (χ0) is 22.1. The van der Waals surface area contributed by atoms with E-state index in [2.05, 4.69) is 31.9 Å². The van der Waals surface area contributed by atoms with Crippen LogP contribution in [0.25, 0.3) is 0 Å². The molecule has 0 radical (unpaired) electrons. The molecule has 0 fully saturated rings. The normalized spacial score (nSPS) is 12.6. The van der Waals surface area contributed by atoms with E-state index in [0.29, 0.717) is 11.3 Å². The third kappa shape index (κ3) is 4.22. The summed E-state index contributed by atoms with van der Waals surface area (Å²) in [5, 5.41) is 0. The molecule has 1 heterocycles. The number of hydrogen-bond acceptors (Lipinski definition) is 5. The van der Waals surface area contributed by atoms with Crippen molar-refractivity contribution < 1.29 is 23.9 Å². The molecular formula is C23H13Br2NO5. The van der Waals surface area contributed by atoms with Crippen LogP contribution in [-0.2, 0) is 4.74 Å². The highest BCUT2D eigenvalue weighted by Crippen LogP contribution is 2.30. The molecule has 0 saturated heterocycles. The Balaban J connectivity index is 1.50. The monoisotopic (exact) mass is 541 g/mol. The van der Waals surface area contributed by atoms with Gasteiger partial charge in [0, 0.05) is 14.5 Å². The summed E-state index contributed by atoms with van der Waals surface area (Å²) in [5.41, 5.74) is 1.24. The first kappa shape index (κ1) is 21.1. The lowest BCUT2D eigenvalue weighted by atomic mass is 10.1. The zero-order valence-corrected chi connectivity index (χ0v) is 19.0. The summed E-state index contributed by atoms with van der Waals surface area (Å²) in [6, 6.07) is 17.6. The van der Waals surface area contributed by atoms with Crippen LogP contribution in [0.3, 0.4) is 0 Å². The molecule has 0 saturated carbocycles. The third-order valence-corrected chi connectivity index (χ3v) is 5.76. The number of halogens is 2. The number of fused-ring (bicyclic) bond motifs is 1. The Morgan fingerprint density at radius 1 is 0.742 bits per heavy atom. The van der Waals surface area contributed by atoms with Gasteiger partial charge < -0.3 is 4.74 Å². The SMILES string of the molecule is O=C(COC(=O)c1ccc2c(c1)C(=O)N(c1ccc(Br)cc1)C2=O)c1ccc(Br)cc1. The van der Waals surface area contributed by atoms with Gasteiger partial charge in [0.2, 0.25) is 0 Å². The summed E-state index contributed by atoms with van der Waals surface area (Å²) < 4.78 is 6.75. The van der Waals surface area contributed by atoms with Crippen LogP contribution in [0.2, 0.25) is 0 Å². The fourth-order valence-electron chi connectivity index (χ4n) is 3.13. The number of benzene rings is 3. The van der Waals surface area contributed by atoms with Gasteiger partial charge in [-0.1, -0.05) is 44.0 Å². The lowest BCUT2D eigenvalue weighted by molar-refractivity contribution is 0.0474. The fraction of sp³-hybridized carbons (Fsp3) is 0.0435. The summed E-state index contributed by atoms with van der Waals surface area (Å²) >= 11 is 6.60. The van der Waals surface area contributed by atoms with Crippen LogP contribution in [0.4, 0.5) is 5.69 Å². The van der Waals surface area contributed by atoms with Crippen LogP contribution in [0, 0.1) is 0 Å². The number of carbonyl (C=O) groups excluding carboxylic acids is 4. The van der Waals surface area contributed by atoms with Crippen LogP contribution in [0.1, 0.15) is 41.4 Å². The second-order valence-electron chi connectivity index (χ2n) is 6.69. The molecule has 0 unspecified atom stereocenters. The number of esters is 1. The predicted octanol–water partition coefficient (Wildman–Crippen LogP) is 5.05. The van der Waals surface area contributed by atoms with Crippen molar-refractivity contribution in [2.24, 2.45) is 0 Å². The summed E-state index contributed by atoms with van der Waals surface area (Å²) in [6.45, 7) is -0.435. The van der Waals surface area contributed by atoms with Gasteiger partial charge in [0.05, 0.1) is 22.4 Å². The number of Topliss-reactive ketones (excluding diaryl/α,β-unsaturated/α-hetero) is 1. The molecule has 31 heavy (non-hydrogen) atoms. The first-order chi connectivity index (χ1) is 14.8. The van der Waals surface area contributed by atoms with E-state index in [-0.39, 0.29) is 22.5 Å². The Morgan fingerprint density at radius 2 is 1.29 bits per heavy atom. The number of anilines is 1. The lowest BCUT2D eigenvalue weighted by Crippen LogP contribution is -2.29. The summed E-state index contributed by atoms with van der Waals surface area (Å²) in [7, 11) is 0. The van der Waals surface area contributed by atoms with Gasteiger partial charge in [0.1, 0.15) is 0 Å². The number of ether oxygens (including phenoxy) is 1. The van der Waals surface area contributed by atoms with E-state index in [9.17, 15) is 19.2 Å². The van der Waals surface area contributed by atoms with Crippen molar-refractivity contribution in [3.05, 3.63) is 97.9 Å². The fourth-order valence-corrected chi connectivity index (χ4v) is 3.65. The average Bonchev–Trinajstić information content (AvgIpc) is 3.02. The maximum atomic E-state index is 12.8. The van der Waals surface area contributed by atoms with Gasteiger partial charge in [-0.3, -0.25) is 14.4 Å². The van der Waals surface area contributed by atoms with Gasteiger partial charge in [-0.15, -0.1) is 0 Å². The summed E-state index contributed by atoms with van der Waals surface area (Å²) in [5.74, 6) is -2.10. The van der Waals surface area contributed by atoms with Crippen molar-refractivity contribution in [3.8, 4) is 0 Å². The van der Waals surface area contributed by atoms with E-state index in [4.69, 9.17) is 4.74 Å². The van der Waals surface area contributed by atoms with Gasteiger partial charge in [-0.2, -0.15) is 0 Å². The standard InChI is InChI=1S/C23H13Br2NO5/c24-15-4-1-13(2-5-15)20(27)12-31-23(30)14-3-10-18-19(11-14)22(29)26(21(18)28)17-8-6-16(25)7-9-17/h1-11H,12H2. The maximum Gasteiger partial charge on any atom is 0.338 e. The first-order valence-corrected chi connectivity index (χ1v) is 10.7. The molecule has 0 N–H and O–H groups in total. The second-order valence-corrected chi connectivity index (χ2v) is 8.52. The quantitative estimate of drug-likeness (QED) is 0.256. The van der Waals surface area contributed by atoms with E-state index in [1.165, 1.54) is 18.2 Å². The van der Waals surface area contributed by atoms with Gasteiger partial charge >= 0.3 is 5.97 Å². The molecule has 3 aromatic carbocycles. The van der Waals surface area contributed by atoms with Crippen LogP contribution >= 0.6 is 31.9 Å². The number of rotatable bonds is 5. The minimum Gasteiger partial charge on any atom is -0.454 e. The molecule has 8 heteroatoms. The smallest absolute Gasteiger partial charge is 0.338 e. The van der Waals surface area contributed by atoms with Crippen molar-refractivity contribution in [3.63, 3.8) is 0 Å². The van der Waals surface area contributed by atoms with Crippen LogP contribution < -0.4 is 4.90 Å². The van der Waals surface area contributed by atoms with Gasteiger partial charge in [0.25, 0.3) is 11.8 Å². The van der Waals surface area contributed by atoms with Crippen molar-refractivity contribution in [2.45, 2.75) is 0 Å². The summed E-state index contributed by atoms with van der Waals surface area (Å²) in [4.78, 5) is 51.2. The number of nitrogens with zero attached hydrogens (tertiary/aromatic N) is 1. The van der Waals surface area contributed by atoms with Crippen molar-refractivity contribution >= 4 is 61.1 Å². The topological polar surface area (TPSA) is 80.8 Å². The Kier molecular flexibility index (Phi) is 5.84. The van der Waals surface area contributed by atoms with Gasteiger partial charge in [-0.25, -0.2) is 9.69 Å². The highest BCUT2D eigenvalue weighted by Gasteiger charge is 2.37. The van der Waals surface area contributed by atoms with E-state index in [1.807, 2.05) is 0 Å². The molecule has 3 aromatic rings. The van der Waals surface area contributed by atoms with Crippen LogP contribution in [0.5, 0.6) is 0 Å². The predicted molar refractivity (Wildman–Crippen MR) is 120 cm³/mol.